The molecule has 0 unspecified atom stereocenters. The number of nitrogens with two attached hydrogens (primary N) is 2. The van der Waals surface area contributed by atoms with Crippen molar-refractivity contribution in [2.75, 3.05) is 0 Å². The van der Waals surface area contributed by atoms with Gasteiger partial charge in [0.2, 0.25) is 11.8 Å². The molecule has 0 rings (SSSR count). The number of rotatable bonds is 15. The summed E-state index contributed by atoms with van der Waals surface area (Å²) >= 11 is 0. The average molecular weight is 338 g/mol. The summed E-state index contributed by atoms with van der Waals surface area (Å²) in [6.45, 7) is 0. The maximum Gasteiger partial charge on any atom is 0.233 e. The summed E-state index contributed by atoms with van der Waals surface area (Å²) in [7, 11) is 0. The lowest BCUT2D eigenvalue weighted by Gasteiger charge is -1.98. The Kier molecular flexibility index (Phi) is 16.5. The zero-order chi connectivity index (χ0) is 17.9. The summed E-state index contributed by atoms with van der Waals surface area (Å²) in [6.07, 6.45) is 20.4. The standard InChI is InChI=1S/C18H34N4O2/c19-21-17(23)15-13-11-9-7-5-3-1-2-4-6-8-10-12-14-16-18(24)22-20/h3-6H,1-2,7-16,19-20H2,(H,21,23)(H,22,24). The van der Waals surface area contributed by atoms with E-state index in [4.69, 9.17) is 11.7 Å². The lowest BCUT2D eigenvalue weighted by molar-refractivity contribution is -0.122. The Hall–Kier alpha value is -1.66. The van der Waals surface area contributed by atoms with Gasteiger partial charge < -0.3 is 0 Å². The Morgan fingerprint density at radius 3 is 1.33 bits per heavy atom. The van der Waals surface area contributed by atoms with Crippen molar-refractivity contribution in [1.29, 1.82) is 0 Å². The van der Waals surface area contributed by atoms with Gasteiger partial charge in [-0.05, 0) is 51.4 Å². The van der Waals surface area contributed by atoms with Crippen LogP contribution in [-0.4, -0.2) is 11.8 Å². The summed E-state index contributed by atoms with van der Waals surface area (Å²) in [5.41, 5.74) is 4.28. The molecule has 0 saturated heterocycles. The first-order valence-electron chi connectivity index (χ1n) is 8.99. The van der Waals surface area contributed by atoms with Crippen molar-refractivity contribution < 1.29 is 9.59 Å². The van der Waals surface area contributed by atoms with Gasteiger partial charge in [-0.15, -0.1) is 0 Å². The SMILES string of the molecule is NNC(=O)CCCCCC=CCCC=CCCCCCC(=O)NN. The van der Waals surface area contributed by atoms with Crippen molar-refractivity contribution in [3.8, 4) is 0 Å². The monoisotopic (exact) mass is 338 g/mol. The molecule has 0 bridgehead atoms. The Morgan fingerprint density at radius 2 is 0.958 bits per heavy atom. The van der Waals surface area contributed by atoms with E-state index in [9.17, 15) is 9.59 Å². The number of hydrogen-bond donors (Lipinski definition) is 4. The second-order valence-electron chi connectivity index (χ2n) is 5.85. The number of nitrogens with one attached hydrogen (secondary N) is 2. The van der Waals surface area contributed by atoms with Gasteiger partial charge in [0.1, 0.15) is 0 Å². The topological polar surface area (TPSA) is 110 Å². The lowest BCUT2D eigenvalue weighted by Crippen LogP contribution is -2.29. The molecule has 24 heavy (non-hydrogen) atoms. The smallest absolute Gasteiger partial charge is 0.233 e. The third-order valence-corrected chi connectivity index (χ3v) is 3.70. The van der Waals surface area contributed by atoms with E-state index >= 15 is 0 Å². The molecule has 6 nitrogen and oxygen atoms in total. The first-order chi connectivity index (χ1) is 11.7. The third-order valence-electron chi connectivity index (χ3n) is 3.70. The predicted octanol–water partition coefficient (Wildman–Crippen LogP) is 2.76. The predicted molar refractivity (Wildman–Crippen MR) is 98.3 cm³/mol. The molecule has 138 valence electrons. The van der Waals surface area contributed by atoms with Crippen molar-refractivity contribution in [3.63, 3.8) is 0 Å². The quantitative estimate of drug-likeness (QED) is 0.121. The van der Waals surface area contributed by atoms with Gasteiger partial charge in [-0.2, -0.15) is 0 Å². The maximum atomic E-state index is 10.9. The molecule has 0 atom stereocenters. The molecule has 0 aromatic heterocycles. The molecule has 2 amide bonds. The van der Waals surface area contributed by atoms with Gasteiger partial charge in [-0.3, -0.25) is 20.4 Å². The highest BCUT2D eigenvalue weighted by Gasteiger charge is 1.97. The minimum atomic E-state index is -0.0848. The van der Waals surface area contributed by atoms with Gasteiger partial charge in [-0.25, -0.2) is 11.7 Å². The van der Waals surface area contributed by atoms with Crippen LogP contribution in [0.4, 0.5) is 0 Å². The van der Waals surface area contributed by atoms with Crippen LogP contribution in [0.2, 0.25) is 0 Å². The van der Waals surface area contributed by atoms with Crippen molar-refractivity contribution in [2.24, 2.45) is 11.7 Å². The van der Waals surface area contributed by atoms with E-state index in [-0.39, 0.29) is 11.8 Å². The van der Waals surface area contributed by atoms with Crippen LogP contribution in [0.1, 0.15) is 77.0 Å². The summed E-state index contributed by atoms with van der Waals surface area (Å²) in [6, 6.07) is 0. The van der Waals surface area contributed by atoms with Crippen LogP contribution in [-0.2, 0) is 9.59 Å². The second kappa shape index (κ2) is 17.7. The summed E-state index contributed by atoms with van der Waals surface area (Å²) in [5, 5.41) is 0. The maximum absolute atomic E-state index is 10.9. The van der Waals surface area contributed by atoms with Crippen molar-refractivity contribution >= 4 is 11.8 Å². The zero-order valence-electron chi connectivity index (χ0n) is 14.8. The van der Waals surface area contributed by atoms with E-state index < -0.39 is 0 Å². The average Bonchev–Trinajstić information content (AvgIpc) is 2.60. The van der Waals surface area contributed by atoms with E-state index in [1.54, 1.807) is 0 Å². The molecule has 0 spiro atoms. The van der Waals surface area contributed by atoms with Crippen LogP contribution in [0.25, 0.3) is 0 Å². The number of amides is 2. The van der Waals surface area contributed by atoms with Gasteiger partial charge in [0, 0.05) is 12.8 Å². The molecular weight excluding hydrogens is 304 g/mol. The van der Waals surface area contributed by atoms with Crippen LogP contribution < -0.4 is 22.5 Å². The van der Waals surface area contributed by atoms with Crippen LogP contribution in [0.15, 0.2) is 24.3 Å². The van der Waals surface area contributed by atoms with Crippen molar-refractivity contribution in [1.82, 2.24) is 10.9 Å². The van der Waals surface area contributed by atoms with E-state index in [2.05, 4.69) is 35.2 Å². The van der Waals surface area contributed by atoms with Crippen LogP contribution in [0.5, 0.6) is 0 Å². The van der Waals surface area contributed by atoms with Crippen molar-refractivity contribution in [3.05, 3.63) is 24.3 Å². The summed E-state index contributed by atoms with van der Waals surface area (Å²) in [5.74, 6) is 9.86. The number of unbranched alkanes of at least 4 members (excludes halogenated alkanes) is 7. The number of hydrazine groups is 2. The lowest BCUT2D eigenvalue weighted by atomic mass is 10.1. The van der Waals surface area contributed by atoms with E-state index in [1.165, 1.54) is 0 Å². The molecule has 0 radical (unpaired) electrons. The number of carbonyl (C=O) groups excluding carboxylic acids is 2. The van der Waals surface area contributed by atoms with Gasteiger partial charge in [0.25, 0.3) is 0 Å². The minimum absolute atomic E-state index is 0.0848. The molecule has 0 aliphatic carbocycles. The molecule has 0 aliphatic rings. The first kappa shape index (κ1) is 22.3. The Bertz CT molecular complexity index is 345. The Balaban J connectivity index is 3.27. The normalized spacial score (nSPS) is 11.2. The fourth-order valence-corrected chi connectivity index (χ4v) is 2.26. The first-order valence-corrected chi connectivity index (χ1v) is 8.99. The Morgan fingerprint density at radius 1 is 0.583 bits per heavy atom. The largest absolute Gasteiger partial charge is 0.294 e. The fourth-order valence-electron chi connectivity index (χ4n) is 2.26. The van der Waals surface area contributed by atoms with E-state index in [1.807, 2.05) is 0 Å². The molecule has 6 heteroatoms. The summed E-state index contributed by atoms with van der Waals surface area (Å²) in [4.78, 5) is 21.8. The van der Waals surface area contributed by atoms with Crippen molar-refractivity contribution in [2.45, 2.75) is 77.0 Å². The highest BCUT2D eigenvalue weighted by Crippen LogP contribution is 2.06. The molecule has 0 aromatic rings. The third kappa shape index (κ3) is 16.7. The minimum Gasteiger partial charge on any atom is -0.294 e. The van der Waals surface area contributed by atoms with Gasteiger partial charge in [0.05, 0.1) is 0 Å². The number of allylic oxidation sites excluding steroid dienone is 4. The number of hydrogen-bond acceptors (Lipinski definition) is 4. The van der Waals surface area contributed by atoms with Gasteiger partial charge >= 0.3 is 0 Å². The molecule has 0 fully saturated rings. The van der Waals surface area contributed by atoms with Crippen LogP contribution in [0, 0.1) is 0 Å². The van der Waals surface area contributed by atoms with E-state index in [0.29, 0.717) is 12.8 Å². The van der Waals surface area contributed by atoms with Crippen LogP contribution in [0.3, 0.4) is 0 Å². The molecule has 0 saturated carbocycles. The molecular formula is C18H34N4O2. The summed E-state index contributed by atoms with van der Waals surface area (Å²) < 4.78 is 0. The molecule has 0 aromatic carbocycles. The van der Waals surface area contributed by atoms with Crippen LogP contribution >= 0.6 is 0 Å². The number of carbonyl (C=O) groups is 2. The fraction of sp³-hybridized carbons (Fsp3) is 0.667. The molecule has 6 N–H and O–H groups in total. The zero-order valence-corrected chi connectivity index (χ0v) is 14.8. The van der Waals surface area contributed by atoms with Gasteiger partial charge in [0.15, 0.2) is 0 Å². The highest BCUT2D eigenvalue weighted by molar-refractivity contribution is 5.75. The van der Waals surface area contributed by atoms with Gasteiger partial charge in [-0.1, -0.05) is 37.1 Å². The molecule has 0 heterocycles. The Labute approximate surface area is 146 Å². The molecule has 0 aliphatic heterocycles. The highest BCUT2D eigenvalue weighted by atomic mass is 16.2. The second-order valence-corrected chi connectivity index (χ2v) is 5.85. The van der Waals surface area contributed by atoms with E-state index in [0.717, 1.165) is 64.2 Å².